The van der Waals surface area contributed by atoms with Crippen LogP contribution < -0.4 is 0 Å². The Morgan fingerprint density at radius 3 is 1.04 bits per heavy atom. The first-order valence-corrected chi connectivity index (χ1v) is 23.6. The molecule has 0 radical (unpaired) electrons. The molecule has 57 heavy (non-hydrogen) atoms. The highest BCUT2D eigenvalue weighted by molar-refractivity contribution is 6.05. The van der Waals surface area contributed by atoms with E-state index in [1.807, 2.05) is 0 Å². The molecule has 0 spiro atoms. The van der Waals surface area contributed by atoms with Crippen LogP contribution in [-0.2, 0) is 14.2 Å². The maximum absolute atomic E-state index is 13.3. The lowest BCUT2D eigenvalue weighted by atomic mass is 10.0. The molecule has 1 rings (SSSR count). The van der Waals surface area contributed by atoms with Crippen LogP contribution in [0.5, 0.6) is 0 Å². The molecule has 0 saturated heterocycles. The zero-order valence-electron chi connectivity index (χ0n) is 37.0. The number of benzene rings is 1. The predicted molar refractivity (Wildman–Crippen MR) is 240 cm³/mol. The third-order valence-corrected chi connectivity index (χ3v) is 10.4. The second kappa shape index (κ2) is 39.7. The lowest BCUT2D eigenvalue weighted by Crippen LogP contribution is -2.17. The molecular weight excluding hydrogens is 709 g/mol. The van der Waals surface area contributed by atoms with E-state index in [0.717, 1.165) is 77.0 Å². The molecule has 6 heteroatoms. The van der Waals surface area contributed by atoms with Gasteiger partial charge in [0, 0.05) is 0 Å². The Labute approximate surface area is 350 Å². The largest absolute Gasteiger partial charge is 0.462 e. The molecule has 0 aliphatic heterocycles. The molecule has 0 aliphatic rings. The van der Waals surface area contributed by atoms with Crippen molar-refractivity contribution in [1.82, 2.24) is 0 Å². The van der Waals surface area contributed by atoms with Gasteiger partial charge in [0.15, 0.2) is 0 Å². The van der Waals surface area contributed by atoms with Crippen LogP contribution in [0.3, 0.4) is 0 Å². The lowest BCUT2D eigenvalue weighted by Gasteiger charge is -2.12. The molecular formula is C51H84O6. The third-order valence-electron chi connectivity index (χ3n) is 10.4. The van der Waals surface area contributed by atoms with E-state index in [2.05, 4.69) is 57.2 Å². The zero-order valence-corrected chi connectivity index (χ0v) is 37.0. The predicted octanol–water partition coefficient (Wildman–Crippen LogP) is 15.6. The van der Waals surface area contributed by atoms with Crippen LogP contribution in [0.15, 0.2) is 54.7 Å². The molecule has 0 fully saturated rings. The van der Waals surface area contributed by atoms with Gasteiger partial charge in [-0.1, -0.05) is 173 Å². The summed E-state index contributed by atoms with van der Waals surface area (Å²) < 4.78 is 16.8. The highest BCUT2D eigenvalue weighted by atomic mass is 16.5. The molecule has 0 amide bonds. The Balaban J connectivity index is 2.55. The number of rotatable bonds is 39. The molecule has 0 atom stereocenters. The Hall–Kier alpha value is -3.15. The van der Waals surface area contributed by atoms with E-state index in [4.69, 9.17) is 14.2 Å². The van der Waals surface area contributed by atoms with Crippen LogP contribution in [0, 0.1) is 0 Å². The van der Waals surface area contributed by atoms with Crippen molar-refractivity contribution in [3.8, 4) is 0 Å². The van der Waals surface area contributed by atoms with Gasteiger partial charge in [0.1, 0.15) is 0 Å². The number of allylic oxidation sites excluding steroid dienone is 6. The summed E-state index contributed by atoms with van der Waals surface area (Å²) in [6.07, 6.45) is 47.9. The summed E-state index contributed by atoms with van der Waals surface area (Å²) >= 11 is 0. The van der Waals surface area contributed by atoms with Gasteiger partial charge in [0.25, 0.3) is 0 Å². The van der Waals surface area contributed by atoms with E-state index in [1.165, 1.54) is 128 Å². The van der Waals surface area contributed by atoms with Crippen molar-refractivity contribution in [2.45, 2.75) is 213 Å². The highest BCUT2D eigenvalue weighted by Crippen LogP contribution is 2.18. The first-order chi connectivity index (χ1) is 28.0. The average Bonchev–Trinajstić information content (AvgIpc) is 3.22. The van der Waals surface area contributed by atoms with Gasteiger partial charge in [-0.25, -0.2) is 14.4 Å². The number of carbonyl (C=O) groups excluding carboxylic acids is 3. The molecule has 0 aromatic heterocycles. The van der Waals surface area contributed by atoms with E-state index < -0.39 is 17.9 Å². The van der Waals surface area contributed by atoms with Crippen molar-refractivity contribution >= 4 is 17.9 Å². The summed E-state index contributed by atoms with van der Waals surface area (Å²) in [6.45, 7) is 7.56. The molecule has 324 valence electrons. The van der Waals surface area contributed by atoms with Crippen LogP contribution in [0.1, 0.15) is 244 Å². The fourth-order valence-corrected chi connectivity index (χ4v) is 6.64. The summed E-state index contributed by atoms with van der Waals surface area (Å²) in [5, 5.41) is 0. The standard InChI is InChI=1S/C51H84O6/c1-4-7-10-13-16-19-22-25-28-31-34-37-42-55-49(52)46-40-41-47(50(53)56-43-38-35-32-29-26-23-20-17-14-11-8-5-2)48(45-46)51(54)57-44-39-36-33-30-27-24-21-18-15-12-9-6-3/h13-18,40-41,45H,4-12,19-39,42-44H2,1-3H3/b16-13+,17-14+,18-15+. The highest BCUT2D eigenvalue weighted by Gasteiger charge is 2.22. The minimum Gasteiger partial charge on any atom is -0.462 e. The Morgan fingerprint density at radius 2 is 0.667 bits per heavy atom. The summed E-state index contributed by atoms with van der Waals surface area (Å²) in [4.78, 5) is 39.5. The quantitative estimate of drug-likeness (QED) is 0.0286. The third kappa shape index (κ3) is 30.6. The number of carbonyl (C=O) groups is 3. The lowest BCUT2D eigenvalue weighted by molar-refractivity contribution is 0.0448. The van der Waals surface area contributed by atoms with Gasteiger partial charge in [-0.3, -0.25) is 0 Å². The summed E-state index contributed by atoms with van der Waals surface area (Å²) in [6, 6.07) is 4.49. The summed E-state index contributed by atoms with van der Waals surface area (Å²) in [5.41, 5.74) is 0.427. The number of hydrogen-bond donors (Lipinski definition) is 0. The molecule has 0 unspecified atom stereocenters. The maximum atomic E-state index is 13.3. The summed E-state index contributed by atoms with van der Waals surface area (Å²) in [5.74, 6) is -1.67. The van der Waals surface area contributed by atoms with Crippen molar-refractivity contribution in [1.29, 1.82) is 0 Å². The number of esters is 3. The Bertz CT molecular complexity index is 1210. The minimum absolute atomic E-state index is 0.0605. The number of unbranched alkanes of at least 4 members (excludes halogenated alkanes) is 24. The van der Waals surface area contributed by atoms with Gasteiger partial charge in [0.2, 0.25) is 0 Å². The number of ether oxygens (including phenoxy) is 3. The Morgan fingerprint density at radius 1 is 0.368 bits per heavy atom. The van der Waals surface area contributed by atoms with Gasteiger partial charge in [0.05, 0.1) is 36.5 Å². The van der Waals surface area contributed by atoms with Crippen LogP contribution >= 0.6 is 0 Å². The minimum atomic E-state index is -0.608. The van der Waals surface area contributed by atoms with Crippen molar-refractivity contribution < 1.29 is 28.6 Å². The van der Waals surface area contributed by atoms with Gasteiger partial charge < -0.3 is 14.2 Å². The topological polar surface area (TPSA) is 78.9 Å². The van der Waals surface area contributed by atoms with E-state index in [9.17, 15) is 14.4 Å². The van der Waals surface area contributed by atoms with Crippen LogP contribution in [-0.4, -0.2) is 37.7 Å². The van der Waals surface area contributed by atoms with Crippen molar-refractivity contribution in [2.75, 3.05) is 19.8 Å². The van der Waals surface area contributed by atoms with Crippen LogP contribution in [0.25, 0.3) is 0 Å². The van der Waals surface area contributed by atoms with Crippen LogP contribution in [0.2, 0.25) is 0 Å². The Kier molecular flexibility index (Phi) is 36.1. The van der Waals surface area contributed by atoms with Crippen molar-refractivity contribution in [2.24, 2.45) is 0 Å². The van der Waals surface area contributed by atoms with E-state index >= 15 is 0 Å². The summed E-state index contributed by atoms with van der Waals surface area (Å²) in [7, 11) is 0. The van der Waals surface area contributed by atoms with Gasteiger partial charge in [-0.15, -0.1) is 0 Å². The van der Waals surface area contributed by atoms with E-state index in [-0.39, 0.29) is 23.3 Å². The SMILES string of the molecule is CCCC/C=C/CCCCCCCCOC(=O)c1ccc(C(=O)OCCCCCCCC/C=C/CCCC)c(C(=O)OCCCCCCCC/C=C/CCCC)c1. The first-order valence-electron chi connectivity index (χ1n) is 23.6. The molecule has 0 aliphatic carbocycles. The fourth-order valence-electron chi connectivity index (χ4n) is 6.64. The molecule has 0 N–H and O–H groups in total. The first kappa shape index (κ1) is 51.9. The molecule has 0 bridgehead atoms. The van der Waals surface area contributed by atoms with Gasteiger partial charge >= 0.3 is 17.9 Å². The van der Waals surface area contributed by atoms with Crippen molar-refractivity contribution in [3.63, 3.8) is 0 Å². The molecule has 6 nitrogen and oxygen atoms in total. The van der Waals surface area contributed by atoms with E-state index in [1.54, 1.807) is 6.07 Å². The monoisotopic (exact) mass is 793 g/mol. The van der Waals surface area contributed by atoms with Gasteiger partial charge in [-0.2, -0.15) is 0 Å². The normalized spacial score (nSPS) is 11.6. The molecule has 0 heterocycles. The average molecular weight is 793 g/mol. The molecule has 1 aromatic rings. The van der Waals surface area contributed by atoms with Crippen LogP contribution in [0.4, 0.5) is 0 Å². The van der Waals surface area contributed by atoms with Crippen molar-refractivity contribution in [3.05, 3.63) is 71.3 Å². The smallest absolute Gasteiger partial charge is 0.339 e. The number of hydrogen-bond acceptors (Lipinski definition) is 6. The molecule has 1 aromatic carbocycles. The molecule has 0 saturated carbocycles. The zero-order chi connectivity index (χ0) is 41.3. The van der Waals surface area contributed by atoms with E-state index in [0.29, 0.717) is 13.2 Å². The maximum Gasteiger partial charge on any atom is 0.339 e. The second-order valence-corrected chi connectivity index (χ2v) is 15.7. The van der Waals surface area contributed by atoms with Gasteiger partial charge in [-0.05, 0) is 95.2 Å². The fraction of sp³-hybridized carbons (Fsp3) is 0.706. The second-order valence-electron chi connectivity index (χ2n) is 15.7.